The Morgan fingerprint density at radius 3 is 2.62 bits per heavy atom. The number of aryl methyl sites for hydroxylation is 1. The second-order valence-electron chi connectivity index (χ2n) is 8.15. The minimum absolute atomic E-state index is 0.00304. The molecule has 3 aromatic rings. The minimum atomic E-state index is -0.00304. The molecule has 4 heteroatoms. The number of hydrogen-bond acceptors (Lipinski definition) is 1. The number of aromatic nitrogens is 1. The van der Waals surface area contributed by atoms with Gasteiger partial charge < -0.3 is 10.3 Å². The standard InChI is InChI=1S/C25H29ClN2O/c1-2-17-7-6-10-21-23(16-27-25(17)21)22(18-11-13-19(26)14-12-18)15-24(29)28-20-8-4-3-5-9-20/h6-7,10-14,16,20,22,27H,2-5,8-9,15H2,1H3,(H,28,29)/t22-/m1/s1. The summed E-state index contributed by atoms with van der Waals surface area (Å²) in [5, 5.41) is 5.21. The number of carbonyl (C=O) groups is 1. The summed E-state index contributed by atoms with van der Waals surface area (Å²) in [6.07, 6.45) is 9.43. The van der Waals surface area contributed by atoms with Gasteiger partial charge in [-0.05, 0) is 48.1 Å². The zero-order valence-electron chi connectivity index (χ0n) is 17.0. The van der Waals surface area contributed by atoms with Gasteiger partial charge in [-0.2, -0.15) is 0 Å². The van der Waals surface area contributed by atoms with Crippen LogP contribution in [0.3, 0.4) is 0 Å². The van der Waals surface area contributed by atoms with Crippen molar-refractivity contribution in [1.29, 1.82) is 0 Å². The molecule has 0 radical (unpaired) electrons. The van der Waals surface area contributed by atoms with Crippen molar-refractivity contribution in [2.75, 3.05) is 0 Å². The molecule has 0 saturated heterocycles. The van der Waals surface area contributed by atoms with Crippen molar-refractivity contribution in [2.24, 2.45) is 0 Å². The molecule has 1 amide bonds. The number of halogens is 1. The third kappa shape index (κ3) is 4.51. The summed E-state index contributed by atoms with van der Waals surface area (Å²) in [6, 6.07) is 14.7. The molecule has 0 bridgehead atoms. The quantitative estimate of drug-likeness (QED) is 0.490. The molecule has 29 heavy (non-hydrogen) atoms. The average Bonchev–Trinajstić information content (AvgIpc) is 3.17. The molecule has 2 aromatic carbocycles. The van der Waals surface area contributed by atoms with Gasteiger partial charge in [-0.3, -0.25) is 4.79 Å². The van der Waals surface area contributed by atoms with E-state index < -0.39 is 0 Å². The van der Waals surface area contributed by atoms with Crippen LogP contribution in [0.15, 0.2) is 48.7 Å². The van der Waals surface area contributed by atoms with Crippen molar-refractivity contribution in [2.45, 2.75) is 63.8 Å². The zero-order valence-corrected chi connectivity index (χ0v) is 17.8. The maximum Gasteiger partial charge on any atom is 0.221 e. The maximum absolute atomic E-state index is 13.0. The van der Waals surface area contributed by atoms with Crippen LogP contribution in [0, 0.1) is 0 Å². The average molecular weight is 409 g/mol. The lowest BCUT2D eigenvalue weighted by Crippen LogP contribution is -2.36. The van der Waals surface area contributed by atoms with Crippen molar-refractivity contribution < 1.29 is 4.79 Å². The number of aromatic amines is 1. The molecule has 1 fully saturated rings. The molecule has 1 atom stereocenters. The predicted octanol–water partition coefficient (Wildman–Crippen LogP) is 6.35. The molecule has 1 aromatic heterocycles. The fourth-order valence-electron chi connectivity index (χ4n) is 4.64. The van der Waals surface area contributed by atoms with E-state index in [1.54, 1.807) is 0 Å². The van der Waals surface area contributed by atoms with Gasteiger partial charge in [0.15, 0.2) is 0 Å². The van der Waals surface area contributed by atoms with Crippen LogP contribution in [-0.4, -0.2) is 16.9 Å². The molecule has 3 nitrogen and oxygen atoms in total. The van der Waals surface area contributed by atoms with E-state index in [9.17, 15) is 4.79 Å². The van der Waals surface area contributed by atoms with E-state index in [1.165, 1.54) is 41.3 Å². The Bertz CT molecular complexity index is 970. The molecule has 2 N–H and O–H groups in total. The van der Waals surface area contributed by atoms with E-state index in [0.717, 1.165) is 24.8 Å². The Labute approximate surface area is 177 Å². The molecule has 1 saturated carbocycles. The Kier molecular flexibility index (Phi) is 6.25. The third-order valence-corrected chi connectivity index (χ3v) is 6.47. The SMILES string of the molecule is CCc1cccc2c([C@H](CC(=O)NC3CCCCC3)c3ccc(Cl)cc3)c[nH]c12. The van der Waals surface area contributed by atoms with Crippen LogP contribution < -0.4 is 5.32 Å². The molecule has 1 aliphatic rings. The van der Waals surface area contributed by atoms with E-state index in [-0.39, 0.29) is 11.8 Å². The first-order valence-corrected chi connectivity index (χ1v) is 11.2. The van der Waals surface area contributed by atoms with Crippen LogP contribution in [0.4, 0.5) is 0 Å². The first-order chi connectivity index (χ1) is 14.2. The van der Waals surface area contributed by atoms with Crippen LogP contribution in [-0.2, 0) is 11.2 Å². The Balaban J connectivity index is 1.65. The molecule has 0 spiro atoms. The summed E-state index contributed by atoms with van der Waals surface area (Å²) in [5.74, 6) is 0.134. The summed E-state index contributed by atoms with van der Waals surface area (Å²) in [6.45, 7) is 2.17. The Hall–Kier alpha value is -2.26. The van der Waals surface area contributed by atoms with E-state index in [1.807, 2.05) is 24.3 Å². The second kappa shape index (κ2) is 9.04. The number of fused-ring (bicyclic) bond motifs is 1. The summed E-state index contributed by atoms with van der Waals surface area (Å²) < 4.78 is 0. The monoisotopic (exact) mass is 408 g/mol. The van der Waals surface area contributed by atoms with Gasteiger partial charge in [-0.15, -0.1) is 0 Å². The van der Waals surface area contributed by atoms with Gasteiger partial charge in [0.2, 0.25) is 5.91 Å². The maximum atomic E-state index is 13.0. The number of rotatable bonds is 6. The molecule has 1 heterocycles. The van der Waals surface area contributed by atoms with Crippen molar-refractivity contribution in [3.8, 4) is 0 Å². The highest BCUT2D eigenvalue weighted by Gasteiger charge is 2.24. The van der Waals surface area contributed by atoms with Crippen molar-refractivity contribution in [3.63, 3.8) is 0 Å². The van der Waals surface area contributed by atoms with Crippen LogP contribution in [0.2, 0.25) is 5.02 Å². The van der Waals surface area contributed by atoms with Gasteiger partial charge in [0.25, 0.3) is 0 Å². The van der Waals surface area contributed by atoms with E-state index >= 15 is 0 Å². The van der Waals surface area contributed by atoms with Crippen LogP contribution >= 0.6 is 11.6 Å². The lowest BCUT2D eigenvalue weighted by Gasteiger charge is -2.24. The number of amides is 1. The normalized spacial score (nSPS) is 16.1. The van der Waals surface area contributed by atoms with Crippen LogP contribution in [0.25, 0.3) is 10.9 Å². The third-order valence-electron chi connectivity index (χ3n) is 6.22. The highest BCUT2D eigenvalue weighted by molar-refractivity contribution is 6.30. The number of carbonyl (C=O) groups excluding carboxylic acids is 1. The predicted molar refractivity (Wildman–Crippen MR) is 121 cm³/mol. The molecular formula is C25H29ClN2O. The van der Waals surface area contributed by atoms with Crippen molar-refractivity contribution in [1.82, 2.24) is 10.3 Å². The summed E-state index contributed by atoms with van der Waals surface area (Å²) in [7, 11) is 0. The number of para-hydroxylation sites is 1. The van der Waals surface area contributed by atoms with Gasteiger partial charge in [-0.25, -0.2) is 0 Å². The number of hydrogen-bond donors (Lipinski definition) is 2. The minimum Gasteiger partial charge on any atom is -0.361 e. The summed E-state index contributed by atoms with van der Waals surface area (Å²) >= 11 is 6.12. The fraction of sp³-hybridized carbons (Fsp3) is 0.400. The Morgan fingerprint density at radius 1 is 1.14 bits per heavy atom. The van der Waals surface area contributed by atoms with Crippen LogP contribution in [0.1, 0.15) is 68.1 Å². The van der Waals surface area contributed by atoms with E-state index in [2.05, 4.69) is 41.6 Å². The fourth-order valence-corrected chi connectivity index (χ4v) is 4.77. The first-order valence-electron chi connectivity index (χ1n) is 10.8. The zero-order chi connectivity index (χ0) is 20.2. The van der Waals surface area contributed by atoms with Crippen molar-refractivity contribution in [3.05, 3.63) is 70.4 Å². The molecule has 1 aliphatic carbocycles. The van der Waals surface area contributed by atoms with Gasteiger partial charge in [0.1, 0.15) is 0 Å². The molecule has 152 valence electrons. The summed E-state index contributed by atoms with van der Waals surface area (Å²) in [4.78, 5) is 16.4. The van der Waals surface area contributed by atoms with Crippen LogP contribution in [0.5, 0.6) is 0 Å². The van der Waals surface area contributed by atoms with Gasteiger partial charge in [0, 0.05) is 40.5 Å². The highest BCUT2D eigenvalue weighted by Crippen LogP contribution is 2.35. The lowest BCUT2D eigenvalue weighted by atomic mass is 9.87. The molecule has 0 aliphatic heterocycles. The van der Waals surface area contributed by atoms with Gasteiger partial charge >= 0.3 is 0 Å². The van der Waals surface area contributed by atoms with E-state index in [0.29, 0.717) is 17.5 Å². The number of nitrogens with one attached hydrogen (secondary N) is 2. The number of benzene rings is 2. The second-order valence-corrected chi connectivity index (χ2v) is 8.58. The summed E-state index contributed by atoms with van der Waals surface area (Å²) in [5.41, 5.74) is 4.78. The lowest BCUT2D eigenvalue weighted by molar-refractivity contribution is -0.122. The topological polar surface area (TPSA) is 44.9 Å². The van der Waals surface area contributed by atoms with Gasteiger partial charge in [0.05, 0.1) is 0 Å². The van der Waals surface area contributed by atoms with E-state index in [4.69, 9.17) is 11.6 Å². The molecule has 4 rings (SSSR count). The highest BCUT2D eigenvalue weighted by atomic mass is 35.5. The number of H-pyrrole nitrogens is 1. The largest absolute Gasteiger partial charge is 0.361 e. The molecule has 0 unspecified atom stereocenters. The first kappa shape index (κ1) is 20.0. The Morgan fingerprint density at radius 2 is 1.90 bits per heavy atom. The van der Waals surface area contributed by atoms with Crippen molar-refractivity contribution >= 4 is 28.4 Å². The smallest absolute Gasteiger partial charge is 0.221 e. The van der Waals surface area contributed by atoms with Gasteiger partial charge in [-0.1, -0.05) is 68.1 Å². The molecular weight excluding hydrogens is 380 g/mol.